The predicted molar refractivity (Wildman–Crippen MR) is 67.1 cm³/mol. The number of rotatable bonds is 2. The molecular weight excluding hydrogens is 238 g/mol. The first-order valence-corrected chi connectivity index (χ1v) is 5.48. The minimum absolute atomic E-state index is 0. The van der Waals surface area contributed by atoms with E-state index in [1.807, 2.05) is 18.2 Å². The monoisotopic (exact) mass is 251 g/mol. The van der Waals surface area contributed by atoms with Gasteiger partial charge in [0.15, 0.2) is 5.82 Å². The van der Waals surface area contributed by atoms with Crippen LogP contribution in [0.5, 0.6) is 0 Å². The second-order valence-electron chi connectivity index (χ2n) is 3.95. The van der Waals surface area contributed by atoms with Crippen molar-refractivity contribution in [2.24, 2.45) is 0 Å². The van der Waals surface area contributed by atoms with Crippen LogP contribution < -0.4 is 5.32 Å². The molecule has 2 aromatic rings. The van der Waals surface area contributed by atoms with Crippen molar-refractivity contribution in [3.63, 3.8) is 0 Å². The van der Waals surface area contributed by atoms with Crippen molar-refractivity contribution in [2.45, 2.75) is 12.3 Å². The summed E-state index contributed by atoms with van der Waals surface area (Å²) in [6.45, 7) is 2.04. The van der Waals surface area contributed by atoms with Crippen molar-refractivity contribution in [3.05, 3.63) is 30.2 Å². The predicted octanol–water partition coefficient (Wildman–Crippen LogP) is 1.37. The molecule has 2 N–H and O–H groups in total. The molecular formula is C11H14ClN5. The number of hydrogen-bond acceptors (Lipinski definition) is 4. The van der Waals surface area contributed by atoms with E-state index in [1.165, 1.54) is 0 Å². The topological polar surface area (TPSA) is 66.5 Å². The van der Waals surface area contributed by atoms with Crippen molar-refractivity contribution in [3.8, 4) is 11.5 Å². The first-order chi connectivity index (χ1) is 7.93. The van der Waals surface area contributed by atoms with Crippen LogP contribution in [0.3, 0.4) is 0 Å². The maximum absolute atomic E-state index is 4.49. The van der Waals surface area contributed by atoms with Gasteiger partial charge in [-0.15, -0.1) is 12.4 Å². The maximum atomic E-state index is 4.49. The zero-order valence-electron chi connectivity index (χ0n) is 9.26. The summed E-state index contributed by atoms with van der Waals surface area (Å²) in [5.74, 6) is 2.11. The van der Waals surface area contributed by atoms with Gasteiger partial charge in [0.2, 0.25) is 0 Å². The highest BCUT2D eigenvalue weighted by molar-refractivity contribution is 5.85. The van der Waals surface area contributed by atoms with E-state index in [-0.39, 0.29) is 12.4 Å². The normalized spacial score (nSPS) is 18.9. The average Bonchev–Trinajstić information content (AvgIpc) is 3.01. The number of pyridine rings is 1. The zero-order chi connectivity index (χ0) is 10.8. The van der Waals surface area contributed by atoms with Gasteiger partial charge in [-0.2, -0.15) is 5.10 Å². The Morgan fingerprint density at radius 3 is 2.94 bits per heavy atom. The van der Waals surface area contributed by atoms with Crippen LogP contribution >= 0.6 is 12.4 Å². The Balaban J connectivity index is 0.00000108. The second kappa shape index (κ2) is 5.25. The molecule has 1 aliphatic heterocycles. The minimum Gasteiger partial charge on any atom is -0.316 e. The second-order valence-corrected chi connectivity index (χ2v) is 3.95. The van der Waals surface area contributed by atoms with Gasteiger partial charge in [-0.25, -0.2) is 4.98 Å². The summed E-state index contributed by atoms with van der Waals surface area (Å²) in [5, 5.41) is 10.5. The quantitative estimate of drug-likeness (QED) is 0.846. The van der Waals surface area contributed by atoms with Crippen molar-refractivity contribution < 1.29 is 0 Å². The molecule has 0 bridgehead atoms. The molecule has 0 saturated carbocycles. The highest BCUT2D eigenvalue weighted by Crippen LogP contribution is 2.20. The van der Waals surface area contributed by atoms with Gasteiger partial charge in [0.25, 0.3) is 0 Å². The van der Waals surface area contributed by atoms with E-state index in [0.717, 1.165) is 31.0 Å². The van der Waals surface area contributed by atoms with Crippen LogP contribution in [0.4, 0.5) is 0 Å². The van der Waals surface area contributed by atoms with Crippen molar-refractivity contribution in [2.75, 3.05) is 13.1 Å². The number of aromatic nitrogens is 4. The fourth-order valence-electron chi connectivity index (χ4n) is 1.95. The van der Waals surface area contributed by atoms with E-state index in [1.54, 1.807) is 6.20 Å². The third kappa shape index (κ3) is 2.45. The number of aromatic amines is 1. The van der Waals surface area contributed by atoms with Gasteiger partial charge < -0.3 is 5.32 Å². The number of nitrogens with zero attached hydrogens (tertiary/aromatic N) is 3. The lowest BCUT2D eigenvalue weighted by atomic mass is 10.1. The van der Waals surface area contributed by atoms with Gasteiger partial charge in [0.1, 0.15) is 11.5 Å². The lowest BCUT2D eigenvalue weighted by molar-refractivity contribution is 0.706. The molecule has 1 fully saturated rings. The standard InChI is InChI=1S/C11H13N5.ClH/c1-2-5-13-9(3-1)11-14-10(15-16-11)8-4-6-12-7-8;/h1-3,5,8,12H,4,6-7H2,(H,14,15,16);1H. The maximum Gasteiger partial charge on any atom is 0.199 e. The van der Waals surface area contributed by atoms with E-state index < -0.39 is 0 Å². The molecule has 0 spiro atoms. The van der Waals surface area contributed by atoms with Gasteiger partial charge in [0.05, 0.1) is 0 Å². The van der Waals surface area contributed by atoms with E-state index in [2.05, 4.69) is 25.5 Å². The zero-order valence-corrected chi connectivity index (χ0v) is 10.1. The molecule has 1 saturated heterocycles. The molecule has 17 heavy (non-hydrogen) atoms. The van der Waals surface area contributed by atoms with Gasteiger partial charge in [0, 0.05) is 18.7 Å². The summed E-state index contributed by atoms with van der Waals surface area (Å²) in [5.41, 5.74) is 0.816. The SMILES string of the molecule is Cl.c1ccc(-c2n[nH]c(C3CCNC3)n2)nc1. The largest absolute Gasteiger partial charge is 0.316 e. The summed E-state index contributed by atoms with van der Waals surface area (Å²) >= 11 is 0. The first-order valence-electron chi connectivity index (χ1n) is 5.48. The van der Waals surface area contributed by atoms with Crippen LogP contribution in [0, 0.1) is 0 Å². The van der Waals surface area contributed by atoms with Crippen molar-refractivity contribution >= 4 is 12.4 Å². The van der Waals surface area contributed by atoms with Gasteiger partial charge in [-0.05, 0) is 25.1 Å². The molecule has 1 atom stereocenters. The van der Waals surface area contributed by atoms with Crippen LogP contribution in [-0.4, -0.2) is 33.3 Å². The van der Waals surface area contributed by atoms with Crippen LogP contribution in [0.2, 0.25) is 0 Å². The van der Waals surface area contributed by atoms with E-state index >= 15 is 0 Å². The molecule has 1 unspecified atom stereocenters. The Hall–Kier alpha value is -1.46. The van der Waals surface area contributed by atoms with Crippen LogP contribution in [0.15, 0.2) is 24.4 Å². The Morgan fingerprint density at radius 1 is 1.29 bits per heavy atom. The molecule has 90 valence electrons. The Morgan fingerprint density at radius 2 is 2.24 bits per heavy atom. The molecule has 0 aliphatic carbocycles. The van der Waals surface area contributed by atoms with Crippen molar-refractivity contribution in [1.82, 2.24) is 25.5 Å². The average molecular weight is 252 g/mol. The molecule has 2 aromatic heterocycles. The summed E-state index contributed by atoms with van der Waals surface area (Å²) in [4.78, 5) is 8.72. The molecule has 0 aromatic carbocycles. The Kier molecular flexibility index (Phi) is 3.71. The summed E-state index contributed by atoms with van der Waals surface area (Å²) in [7, 11) is 0. The van der Waals surface area contributed by atoms with Gasteiger partial charge >= 0.3 is 0 Å². The summed E-state index contributed by atoms with van der Waals surface area (Å²) in [6.07, 6.45) is 2.87. The molecule has 1 aliphatic rings. The smallest absolute Gasteiger partial charge is 0.199 e. The minimum atomic E-state index is 0. The van der Waals surface area contributed by atoms with Crippen LogP contribution in [-0.2, 0) is 0 Å². The lowest BCUT2D eigenvalue weighted by Gasteiger charge is -2.00. The molecule has 5 nitrogen and oxygen atoms in total. The van der Waals surface area contributed by atoms with Crippen LogP contribution in [0.25, 0.3) is 11.5 Å². The molecule has 3 rings (SSSR count). The molecule has 3 heterocycles. The highest BCUT2D eigenvalue weighted by Gasteiger charge is 2.20. The number of H-pyrrole nitrogens is 1. The number of hydrogen-bond donors (Lipinski definition) is 2. The fourth-order valence-corrected chi connectivity index (χ4v) is 1.95. The van der Waals surface area contributed by atoms with Gasteiger partial charge in [-0.3, -0.25) is 10.1 Å². The third-order valence-electron chi connectivity index (χ3n) is 2.84. The Labute approximate surface area is 105 Å². The molecule has 6 heteroatoms. The summed E-state index contributed by atoms with van der Waals surface area (Å²) in [6, 6.07) is 5.74. The Bertz CT molecular complexity index is 464. The first kappa shape index (κ1) is 12.0. The summed E-state index contributed by atoms with van der Waals surface area (Å²) < 4.78 is 0. The van der Waals surface area contributed by atoms with Crippen LogP contribution in [0.1, 0.15) is 18.2 Å². The molecule has 0 amide bonds. The highest BCUT2D eigenvalue weighted by atomic mass is 35.5. The van der Waals surface area contributed by atoms with E-state index in [4.69, 9.17) is 0 Å². The fraction of sp³-hybridized carbons (Fsp3) is 0.364. The lowest BCUT2D eigenvalue weighted by Crippen LogP contribution is -2.08. The van der Waals surface area contributed by atoms with Crippen molar-refractivity contribution in [1.29, 1.82) is 0 Å². The van der Waals surface area contributed by atoms with E-state index in [9.17, 15) is 0 Å². The number of nitrogens with one attached hydrogen (secondary N) is 2. The number of halogens is 1. The van der Waals surface area contributed by atoms with Gasteiger partial charge in [-0.1, -0.05) is 6.07 Å². The van der Waals surface area contributed by atoms with E-state index in [0.29, 0.717) is 11.7 Å². The third-order valence-corrected chi connectivity index (χ3v) is 2.84. The molecule has 0 radical (unpaired) electrons.